The Morgan fingerprint density at radius 1 is 1.16 bits per heavy atom. The highest BCUT2D eigenvalue weighted by atomic mass is 16.5. The van der Waals surface area contributed by atoms with Crippen LogP contribution in [0.5, 0.6) is 5.75 Å². The highest BCUT2D eigenvalue weighted by molar-refractivity contribution is 5.86. The number of nitrogens with two attached hydrogens (primary N) is 1. The van der Waals surface area contributed by atoms with Crippen LogP contribution in [-0.2, 0) is 19.6 Å². The topological polar surface area (TPSA) is 114 Å². The first-order valence-corrected chi connectivity index (χ1v) is 9.83. The Balaban J connectivity index is 1.57. The van der Waals surface area contributed by atoms with E-state index in [1.54, 1.807) is 18.2 Å². The zero-order chi connectivity index (χ0) is 21.8. The minimum atomic E-state index is -1.09. The summed E-state index contributed by atoms with van der Waals surface area (Å²) in [7, 11) is 0. The van der Waals surface area contributed by atoms with Gasteiger partial charge in [0.1, 0.15) is 18.1 Å². The second-order valence-corrected chi connectivity index (χ2v) is 7.17. The molecule has 31 heavy (non-hydrogen) atoms. The van der Waals surface area contributed by atoms with Gasteiger partial charge in [0.25, 0.3) is 0 Å². The fraction of sp³-hybridized carbons (Fsp3) is 0.167. The molecule has 0 radical (unpaired) electrons. The Labute approximate surface area is 178 Å². The lowest BCUT2D eigenvalue weighted by Crippen LogP contribution is -2.02. The van der Waals surface area contributed by atoms with Gasteiger partial charge in [0.15, 0.2) is 0 Å². The summed E-state index contributed by atoms with van der Waals surface area (Å²) in [5.74, 6) is 0.136. The molecule has 156 valence electrons. The van der Waals surface area contributed by atoms with E-state index in [2.05, 4.69) is 6.07 Å². The average Bonchev–Trinajstić information content (AvgIpc) is 3.38. The maximum absolute atomic E-state index is 11.1. The van der Waals surface area contributed by atoms with Crippen molar-refractivity contribution in [2.45, 2.75) is 19.6 Å². The Hall–Kier alpha value is -4.02. The van der Waals surface area contributed by atoms with Crippen LogP contribution in [0, 0.1) is 11.3 Å². The van der Waals surface area contributed by atoms with Crippen LogP contribution in [0.1, 0.15) is 33.0 Å². The van der Waals surface area contributed by atoms with E-state index in [4.69, 9.17) is 25.3 Å². The number of hydrogen-bond donors (Lipinski definition) is 2. The van der Waals surface area contributed by atoms with Gasteiger partial charge in [0.05, 0.1) is 18.2 Å². The number of furan rings is 1. The molecule has 0 bridgehead atoms. The summed E-state index contributed by atoms with van der Waals surface area (Å²) < 4.78 is 13.4. The number of carboxylic acid groups (broad SMARTS) is 1. The number of benzene rings is 2. The van der Waals surface area contributed by atoms with Gasteiger partial charge in [0.2, 0.25) is 5.76 Å². The molecule has 0 aliphatic rings. The van der Waals surface area contributed by atoms with Gasteiger partial charge in [0, 0.05) is 17.1 Å². The molecule has 2 aromatic heterocycles. The Bertz CT molecular complexity index is 1260. The standard InChI is InChI=1S/C24H21N3O4/c25-10-9-18-13-27(14-20-6-8-23(31-20)24(28)29)22-7-5-19(11-21(18)22)30-15-17-3-1-16(12-26)2-4-17/h1-8,11,13H,9-10,14-15,25H2,(H,28,29). The molecule has 0 saturated heterocycles. The van der Waals surface area contributed by atoms with Crippen molar-refractivity contribution in [1.29, 1.82) is 5.26 Å². The normalized spacial score (nSPS) is 10.8. The maximum Gasteiger partial charge on any atom is 0.371 e. The van der Waals surface area contributed by atoms with Crippen molar-refractivity contribution in [3.63, 3.8) is 0 Å². The summed E-state index contributed by atoms with van der Waals surface area (Å²) >= 11 is 0. The summed E-state index contributed by atoms with van der Waals surface area (Å²) in [5, 5.41) is 19.0. The van der Waals surface area contributed by atoms with Crippen LogP contribution in [0.25, 0.3) is 10.9 Å². The van der Waals surface area contributed by atoms with E-state index in [9.17, 15) is 4.79 Å². The van der Waals surface area contributed by atoms with Crippen LogP contribution >= 0.6 is 0 Å². The van der Waals surface area contributed by atoms with Crippen LogP contribution in [0.15, 0.2) is 65.2 Å². The fourth-order valence-corrected chi connectivity index (χ4v) is 3.51. The van der Waals surface area contributed by atoms with E-state index in [-0.39, 0.29) is 5.76 Å². The van der Waals surface area contributed by atoms with E-state index in [1.165, 1.54) is 6.07 Å². The van der Waals surface area contributed by atoms with Crippen molar-refractivity contribution in [1.82, 2.24) is 4.57 Å². The molecule has 2 aromatic carbocycles. The van der Waals surface area contributed by atoms with Crippen LogP contribution in [-0.4, -0.2) is 22.2 Å². The van der Waals surface area contributed by atoms with Gasteiger partial charge in [-0.2, -0.15) is 5.26 Å². The van der Waals surface area contributed by atoms with Crippen LogP contribution in [0.2, 0.25) is 0 Å². The van der Waals surface area contributed by atoms with Crippen LogP contribution in [0.4, 0.5) is 0 Å². The molecule has 4 rings (SSSR count). The largest absolute Gasteiger partial charge is 0.489 e. The third-order valence-corrected chi connectivity index (χ3v) is 5.04. The number of nitriles is 1. The molecule has 2 heterocycles. The van der Waals surface area contributed by atoms with E-state index in [0.717, 1.165) is 27.8 Å². The zero-order valence-corrected chi connectivity index (χ0v) is 16.7. The Morgan fingerprint density at radius 2 is 1.97 bits per heavy atom. The molecule has 0 aliphatic heterocycles. The van der Waals surface area contributed by atoms with Crippen molar-refractivity contribution in [3.8, 4) is 11.8 Å². The summed E-state index contributed by atoms with van der Waals surface area (Å²) in [6.07, 6.45) is 2.73. The number of fused-ring (bicyclic) bond motifs is 1. The average molecular weight is 415 g/mol. The Morgan fingerprint density at radius 3 is 2.65 bits per heavy atom. The second kappa shape index (κ2) is 8.78. The summed E-state index contributed by atoms with van der Waals surface area (Å²) in [5.41, 5.74) is 9.47. The molecule has 7 nitrogen and oxygen atoms in total. The molecule has 0 aliphatic carbocycles. The third kappa shape index (κ3) is 4.44. The van der Waals surface area contributed by atoms with Gasteiger partial charge in [-0.25, -0.2) is 4.79 Å². The van der Waals surface area contributed by atoms with Crippen LogP contribution in [0.3, 0.4) is 0 Å². The van der Waals surface area contributed by atoms with Gasteiger partial charge in [-0.3, -0.25) is 0 Å². The van der Waals surface area contributed by atoms with Gasteiger partial charge < -0.3 is 24.6 Å². The highest BCUT2D eigenvalue weighted by Crippen LogP contribution is 2.28. The molecule has 0 atom stereocenters. The number of aromatic nitrogens is 1. The fourth-order valence-electron chi connectivity index (χ4n) is 3.51. The molecule has 3 N–H and O–H groups in total. The minimum absolute atomic E-state index is 0.0767. The van der Waals surface area contributed by atoms with E-state index >= 15 is 0 Å². The number of hydrogen-bond acceptors (Lipinski definition) is 5. The number of ether oxygens (including phenoxy) is 1. The summed E-state index contributed by atoms with van der Waals surface area (Å²) in [6.45, 7) is 1.33. The maximum atomic E-state index is 11.1. The van der Waals surface area contributed by atoms with Crippen molar-refractivity contribution in [3.05, 3.63) is 89.0 Å². The van der Waals surface area contributed by atoms with Crippen molar-refractivity contribution >= 4 is 16.9 Å². The van der Waals surface area contributed by atoms with Gasteiger partial charge in [-0.1, -0.05) is 12.1 Å². The number of aromatic carboxylic acids is 1. The lowest BCUT2D eigenvalue weighted by Gasteiger charge is -2.08. The summed E-state index contributed by atoms with van der Waals surface area (Å²) in [6, 6.07) is 18.4. The number of rotatable bonds is 8. The first-order valence-electron chi connectivity index (χ1n) is 9.83. The van der Waals surface area contributed by atoms with Crippen molar-refractivity contribution in [2.24, 2.45) is 5.73 Å². The highest BCUT2D eigenvalue weighted by Gasteiger charge is 2.13. The monoisotopic (exact) mass is 415 g/mol. The van der Waals surface area contributed by atoms with Crippen molar-refractivity contribution in [2.75, 3.05) is 6.54 Å². The predicted molar refractivity (Wildman–Crippen MR) is 115 cm³/mol. The van der Waals surface area contributed by atoms with E-state index in [0.29, 0.717) is 37.4 Å². The summed E-state index contributed by atoms with van der Waals surface area (Å²) in [4.78, 5) is 11.1. The number of carboxylic acids is 1. The molecule has 0 amide bonds. The number of carbonyl (C=O) groups is 1. The molecule has 0 saturated carbocycles. The smallest absolute Gasteiger partial charge is 0.371 e. The quantitative estimate of drug-likeness (QED) is 0.451. The SMILES string of the molecule is N#Cc1ccc(COc2ccc3c(c2)c(CCN)cn3Cc2ccc(C(=O)O)o2)cc1. The first-order chi connectivity index (χ1) is 15.1. The molecule has 0 fully saturated rings. The molecule has 0 spiro atoms. The number of nitrogens with zero attached hydrogens (tertiary/aromatic N) is 2. The third-order valence-electron chi connectivity index (χ3n) is 5.04. The predicted octanol–water partition coefficient (Wildman–Crippen LogP) is 3.93. The van der Waals surface area contributed by atoms with Crippen molar-refractivity contribution < 1.29 is 19.1 Å². The minimum Gasteiger partial charge on any atom is -0.489 e. The van der Waals surface area contributed by atoms with Gasteiger partial charge >= 0.3 is 5.97 Å². The first kappa shape index (κ1) is 20.3. The van der Waals surface area contributed by atoms with Crippen LogP contribution < -0.4 is 10.5 Å². The lowest BCUT2D eigenvalue weighted by molar-refractivity contribution is 0.0660. The second-order valence-electron chi connectivity index (χ2n) is 7.17. The van der Waals surface area contributed by atoms with E-state index in [1.807, 2.05) is 41.1 Å². The molecule has 4 aromatic rings. The molecule has 0 unspecified atom stereocenters. The van der Waals surface area contributed by atoms with E-state index < -0.39 is 5.97 Å². The van der Waals surface area contributed by atoms with Gasteiger partial charge in [-0.15, -0.1) is 0 Å². The molecule has 7 heteroatoms. The lowest BCUT2D eigenvalue weighted by atomic mass is 10.1. The molecular formula is C24H21N3O4. The zero-order valence-electron chi connectivity index (χ0n) is 16.7. The van der Waals surface area contributed by atoms with Gasteiger partial charge in [-0.05, 0) is 66.6 Å². The molecular weight excluding hydrogens is 394 g/mol. The Kier molecular flexibility index (Phi) is 5.74.